The topological polar surface area (TPSA) is 51.4 Å². The van der Waals surface area contributed by atoms with Crippen LogP contribution in [0.5, 0.6) is 5.75 Å². The van der Waals surface area contributed by atoms with Gasteiger partial charge in [0.15, 0.2) is 11.6 Å². The summed E-state index contributed by atoms with van der Waals surface area (Å²) in [6.07, 6.45) is 1.71. The Kier molecular flexibility index (Phi) is 3.77. The molecule has 1 aromatic carbocycles. The second kappa shape index (κ2) is 5.71. The predicted molar refractivity (Wildman–Crippen MR) is 76.2 cm³/mol. The van der Waals surface area contributed by atoms with Gasteiger partial charge in [-0.3, -0.25) is 0 Å². The number of anilines is 1. The van der Waals surface area contributed by atoms with Crippen molar-refractivity contribution >= 4 is 6.01 Å². The van der Waals surface area contributed by atoms with Crippen molar-refractivity contribution in [2.75, 3.05) is 25.1 Å². The average Bonchev–Trinajstić information content (AvgIpc) is 2.94. The summed E-state index contributed by atoms with van der Waals surface area (Å²) in [4.78, 5) is 2.05. The lowest BCUT2D eigenvalue weighted by molar-refractivity contribution is 0.377. The number of rotatable bonds is 3. The molecule has 3 rings (SSSR count). The van der Waals surface area contributed by atoms with Gasteiger partial charge in [0.25, 0.3) is 0 Å². The molecule has 112 valence electrons. The van der Waals surface area contributed by atoms with E-state index in [0.29, 0.717) is 17.7 Å². The van der Waals surface area contributed by atoms with Crippen LogP contribution in [0, 0.1) is 12.7 Å². The number of aromatic nitrogens is 2. The predicted octanol–water partition coefficient (Wildman–Crippen LogP) is 2.91. The molecular weight excluding hydrogens is 273 g/mol. The highest BCUT2D eigenvalue weighted by molar-refractivity contribution is 5.35. The van der Waals surface area contributed by atoms with Crippen LogP contribution in [0.4, 0.5) is 10.4 Å². The van der Waals surface area contributed by atoms with Crippen molar-refractivity contribution in [1.82, 2.24) is 10.2 Å². The number of methoxy groups -OCH3 is 1. The molecule has 0 saturated carbocycles. The van der Waals surface area contributed by atoms with Crippen molar-refractivity contribution in [3.05, 3.63) is 35.5 Å². The Morgan fingerprint density at radius 3 is 2.67 bits per heavy atom. The Bertz CT molecular complexity index is 621. The van der Waals surface area contributed by atoms with Crippen LogP contribution in [0.3, 0.4) is 0 Å². The summed E-state index contributed by atoms with van der Waals surface area (Å²) >= 11 is 0. The van der Waals surface area contributed by atoms with Crippen LogP contribution < -0.4 is 9.64 Å². The molecule has 2 heterocycles. The minimum Gasteiger partial charge on any atom is -0.494 e. The zero-order valence-electron chi connectivity index (χ0n) is 12.2. The molecule has 5 nitrogen and oxygen atoms in total. The van der Waals surface area contributed by atoms with E-state index >= 15 is 0 Å². The molecule has 1 aromatic heterocycles. The van der Waals surface area contributed by atoms with Crippen molar-refractivity contribution < 1.29 is 13.5 Å². The summed E-state index contributed by atoms with van der Waals surface area (Å²) in [6, 6.07) is 5.88. The zero-order valence-corrected chi connectivity index (χ0v) is 12.2. The van der Waals surface area contributed by atoms with Crippen LogP contribution in [0.25, 0.3) is 0 Å². The van der Waals surface area contributed by atoms with Gasteiger partial charge < -0.3 is 14.1 Å². The first-order valence-corrected chi connectivity index (χ1v) is 7.06. The lowest BCUT2D eigenvalue weighted by Crippen LogP contribution is -2.33. The maximum Gasteiger partial charge on any atom is 0.318 e. The third kappa shape index (κ3) is 2.70. The van der Waals surface area contributed by atoms with Gasteiger partial charge in [0.05, 0.1) is 7.11 Å². The Labute approximate surface area is 122 Å². The SMILES string of the molecule is COc1cccc(C2CCN(c3nnc(C)o3)CC2)c1F. The zero-order chi connectivity index (χ0) is 14.8. The van der Waals surface area contributed by atoms with Crippen LogP contribution >= 0.6 is 0 Å². The Morgan fingerprint density at radius 1 is 1.29 bits per heavy atom. The van der Waals surface area contributed by atoms with Crippen LogP contribution in [-0.2, 0) is 0 Å². The molecule has 1 saturated heterocycles. The number of hydrogen-bond acceptors (Lipinski definition) is 5. The molecule has 1 aliphatic rings. The van der Waals surface area contributed by atoms with Crippen molar-refractivity contribution in [2.24, 2.45) is 0 Å². The highest BCUT2D eigenvalue weighted by Crippen LogP contribution is 2.34. The highest BCUT2D eigenvalue weighted by atomic mass is 19.1. The summed E-state index contributed by atoms with van der Waals surface area (Å²) in [6.45, 7) is 3.33. The number of halogens is 1. The fourth-order valence-electron chi connectivity index (χ4n) is 2.80. The number of ether oxygens (including phenoxy) is 1. The lowest BCUT2D eigenvalue weighted by atomic mass is 9.89. The van der Waals surface area contributed by atoms with Crippen LogP contribution in [0.1, 0.15) is 30.2 Å². The Balaban J connectivity index is 1.71. The van der Waals surface area contributed by atoms with Gasteiger partial charge >= 0.3 is 6.01 Å². The summed E-state index contributed by atoms with van der Waals surface area (Å²) in [5.41, 5.74) is 0.732. The molecule has 0 N–H and O–H groups in total. The fourth-order valence-corrected chi connectivity index (χ4v) is 2.80. The number of benzene rings is 1. The number of hydrogen-bond donors (Lipinski definition) is 0. The Hall–Kier alpha value is -2.11. The first-order chi connectivity index (χ1) is 10.2. The molecule has 0 aliphatic carbocycles. The van der Waals surface area contributed by atoms with Crippen LogP contribution in [-0.4, -0.2) is 30.4 Å². The maximum absolute atomic E-state index is 14.3. The number of aryl methyl sites for hydroxylation is 1. The minimum absolute atomic E-state index is 0.195. The van der Waals surface area contributed by atoms with E-state index in [0.717, 1.165) is 31.5 Å². The molecule has 1 aliphatic heterocycles. The molecular formula is C15H18FN3O2. The van der Waals surface area contributed by atoms with E-state index in [-0.39, 0.29) is 11.7 Å². The van der Waals surface area contributed by atoms with E-state index in [2.05, 4.69) is 15.1 Å². The summed E-state index contributed by atoms with van der Waals surface area (Å²) in [5, 5.41) is 7.87. The third-order valence-corrected chi connectivity index (χ3v) is 3.93. The fraction of sp³-hybridized carbons (Fsp3) is 0.467. The van der Waals surface area contributed by atoms with Crippen molar-refractivity contribution in [3.63, 3.8) is 0 Å². The van der Waals surface area contributed by atoms with Gasteiger partial charge in [0, 0.05) is 20.0 Å². The van der Waals surface area contributed by atoms with Gasteiger partial charge in [-0.05, 0) is 30.4 Å². The highest BCUT2D eigenvalue weighted by Gasteiger charge is 2.26. The molecule has 0 atom stereocenters. The van der Waals surface area contributed by atoms with Crippen LogP contribution in [0.2, 0.25) is 0 Å². The van der Waals surface area contributed by atoms with E-state index in [1.807, 2.05) is 12.1 Å². The van der Waals surface area contributed by atoms with Crippen LogP contribution in [0.15, 0.2) is 22.6 Å². The van der Waals surface area contributed by atoms with Gasteiger partial charge in [-0.25, -0.2) is 4.39 Å². The average molecular weight is 291 g/mol. The molecule has 1 fully saturated rings. The summed E-state index contributed by atoms with van der Waals surface area (Å²) in [7, 11) is 1.49. The normalized spacial score (nSPS) is 16.2. The van der Waals surface area contributed by atoms with Crippen molar-refractivity contribution in [1.29, 1.82) is 0 Å². The molecule has 6 heteroatoms. The van der Waals surface area contributed by atoms with Gasteiger partial charge in [0.2, 0.25) is 5.89 Å². The molecule has 0 amide bonds. The smallest absolute Gasteiger partial charge is 0.318 e. The molecule has 0 unspecified atom stereocenters. The first-order valence-electron chi connectivity index (χ1n) is 7.06. The standard InChI is InChI=1S/C15H18FN3O2/c1-10-17-18-15(21-10)19-8-6-11(7-9-19)12-4-3-5-13(20-2)14(12)16/h3-5,11H,6-9H2,1-2H3. The van der Waals surface area contributed by atoms with Gasteiger partial charge in [-0.15, -0.1) is 5.10 Å². The quantitative estimate of drug-likeness (QED) is 0.870. The molecule has 0 radical (unpaired) electrons. The largest absolute Gasteiger partial charge is 0.494 e. The third-order valence-electron chi connectivity index (χ3n) is 3.93. The second-order valence-corrected chi connectivity index (χ2v) is 5.23. The van der Waals surface area contributed by atoms with E-state index in [9.17, 15) is 4.39 Å². The van der Waals surface area contributed by atoms with E-state index < -0.39 is 0 Å². The van der Waals surface area contributed by atoms with E-state index in [1.165, 1.54) is 7.11 Å². The monoisotopic (exact) mass is 291 g/mol. The summed E-state index contributed by atoms with van der Waals surface area (Å²) < 4.78 is 24.8. The summed E-state index contributed by atoms with van der Waals surface area (Å²) in [5.74, 6) is 0.820. The molecule has 0 bridgehead atoms. The Morgan fingerprint density at radius 2 is 2.05 bits per heavy atom. The molecule has 0 spiro atoms. The lowest BCUT2D eigenvalue weighted by Gasteiger charge is -2.31. The van der Waals surface area contributed by atoms with Gasteiger partial charge in [-0.2, -0.15) is 0 Å². The minimum atomic E-state index is -0.243. The van der Waals surface area contributed by atoms with E-state index in [4.69, 9.17) is 9.15 Å². The van der Waals surface area contributed by atoms with Gasteiger partial charge in [0.1, 0.15) is 0 Å². The van der Waals surface area contributed by atoms with Crippen molar-refractivity contribution in [3.8, 4) is 5.75 Å². The van der Waals surface area contributed by atoms with Crippen molar-refractivity contribution in [2.45, 2.75) is 25.7 Å². The van der Waals surface area contributed by atoms with E-state index in [1.54, 1.807) is 13.0 Å². The first kappa shape index (κ1) is 13.9. The maximum atomic E-state index is 14.3. The second-order valence-electron chi connectivity index (χ2n) is 5.23. The van der Waals surface area contributed by atoms with Gasteiger partial charge in [-0.1, -0.05) is 17.2 Å². The molecule has 21 heavy (non-hydrogen) atoms. The number of nitrogens with zero attached hydrogens (tertiary/aromatic N) is 3. The number of piperidine rings is 1. The molecule has 2 aromatic rings.